The minimum atomic E-state index is 0.141. The Labute approximate surface area is 101 Å². The van der Waals surface area contributed by atoms with Gasteiger partial charge in [-0.1, -0.05) is 6.07 Å². The molecule has 0 atom stereocenters. The van der Waals surface area contributed by atoms with E-state index >= 15 is 0 Å². The van der Waals surface area contributed by atoms with Crippen LogP contribution in [0.15, 0.2) is 22.1 Å². The largest absolute Gasteiger partial charge is 0.396 e. The van der Waals surface area contributed by atoms with Crippen LogP contribution in [-0.4, -0.2) is 21.3 Å². The lowest BCUT2D eigenvalue weighted by Crippen LogP contribution is -2.00. The SMILES string of the molecule is Cn1c(-c2cccs2)nc(Br)c1CCO. The van der Waals surface area contributed by atoms with E-state index in [1.807, 2.05) is 29.1 Å². The second-order valence-electron chi connectivity index (χ2n) is 3.18. The molecule has 1 N–H and O–H groups in total. The molecule has 80 valence electrons. The minimum Gasteiger partial charge on any atom is -0.396 e. The molecule has 0 aliphatic carbocycles. The molecular weight excluding hydrogens is 276 g/mol. The van der Waals surface area contributed by atoms with Crippen molar-refractivity contribution in [2.45, 2.75) is 6.42 Å². The highest BCUT2D eigenvalue weighted by atomic mass is 79.9. The summed E-state index contributed by atoms with van der Waals surface area (Å²) in [6.07, 6.45) is 0.620. The summed E-state index contributed by atoms with van der Waals surface area (Å²) in [6, 6.07) is 4.05. The molecule has 0 fully saturated rings. The van der Waals surface area contributed by atoms with Gasteiger partial charge in [-0.05, 0) is 27.4 Å². The van der Waals surface area contributed by atoms with E-state index in [2.05, 4.69) is 20.9 Å². The molecule has 0 saturated heterocycles. The molecular formula is C10H11BrN2OS. The van der Waals surface area contributed by atoms with Crippen LogP contribution in [0.1, 0.15) is 5.69 Å². The molecule has 0 radical (unpaired) electrons. The van der Waals surface area contributed by atoms with Crippen LogP contribution < -0.4 is 0 Å². The number of thiophene rings is 1. The van der Waals surface area contributed by atoms with Crippen LogP contribution in [0.3, 0.4) is 0 Å². The normalized spacial score (nSPS) is 10.9. The van der Waals surface area contributed by atoms with Gasteiger partial charge in [-0.15, -0.1) is 11.3 Å². The van der Waals surface area contributed by atoms with Crippen molar-refractivity contribution in [3.8, 4) is 10.7 Å². The number of halogens is 1. The summed E-state index contributed by atoms with van der Waals surface area (Å²) in [5.41, 5.74) is 1.03. The number of rotatable bonds is 3. The molecule has 0 aliphatic heterocycles. The van der Waals surface area contributed by atoms with E-state index < -0.39 is 0 Å². The average Bonchev–Trinajstić information content (AvgIpc) is 2.81. The third-order valence-electron chi connectivity index (χ3n) is 2.25. The van der Waals surface area contributed by atoms with E-state index in [0.29, 0.717) is 6.42 Å². The van der Waals surface area contributed by atoms with Gasteiger partial charge in [0, 0.05) is 20.1 Å². The fourth-order valence-electron chi connectivity index (χ4n) is 1.50. The zero-order chi connectivity index (χ0) is 10.8. The Bertz CT molecular complexity index is 450. The first-order chi connectivity index (χ1) is 7.24. The third-order valence-corrected chi connectivity index (χ3v) is 3.76. The van der Waals surface area contributed by atoms with Gasteiger partial charge < -0.3 is 9.67 Å². The highest BCUT2D eigenvalue weighted by molar-refractivity contribution is 9.10. The monoisotopic (exact) mass is 286 g/mol. The second-order valence-corrected chi connectivity index (χ2v) is 4.88. The van der Waals surface area contributed by atoms with Crippen molar-refractivity contribution in [1.29, 1.82) is 0 Å². The zero-order valence-corrected chi connectivity index (χ0v) is 10.7. The van der Waals surface area contributed by atoms with Gasteiger partial charge in [0.25, 0.3) is 0 Å². The van der Waals surface area contributed by atoms with E-state index in [0.717, 1.165) is 21.0 Å². The summed E-state index contributed by atoms with van der Waals surface area (Å²) in [4.78, 5) is 5.59. The van der Waals surface area contributed by atoms with Gasteiger partial charge in [0.05, 0.1) is 10.6 Å². The van der Waals surface area contributed by atoms with Gasteiger partial charge in [0.1, 0.15) is 4.60 Å². The molecule has 5 heteroatoms. The smallest absolute Gasteiger partial charge is 0.151 e. The van der Waals surface area contributed by atoms with Gasteiger partial charge >= 0.3 is 0 Å². The molecule has 2 heterocycles. The zero-order valence-electron chi connectivity index (χ0n) is 8.27. The number of aromatic nitrogens is 2. The van der Waals surface area contributed by atoms with Crippen molar-refractivity contribution in [2.24, 2.45) is 7.05 Å². The Balaban J connectivity index is 2.46. The number of hydrogen-bond acceptors (Lipinski definition) is 3. The average molecular weight is 287 g/mol. The molecule has 0 spiro atoms. The van der Waals surface area contributed by atoms with Crippen LogP contribution in [0, 0.1) is 0 Å². The Kier molecular flexibility index (Phi) is 3.23. The molecule has 0 bridgehead atoms. The lowest BCUT2D eigenvalue weighted by Gasteiger charge is -2.02. The molecule has 0 aliphatic rings. The highest BCUT2D eigenvalue weighted by Gasteiger charge is 2.13. The van der Waals surface area contributed by atoms with Crippen LogP contribution in [0.5, 0.6) is 0 Å². The Morgan fingerprint density at radius 1 is 1.60 bits per heavy atom. The number of nitrogens with zero attached hydrogens (tertiary/aromatic N) is 2. The molecule has 3 nitrogen and oxygen atoms in total. The Morgan fingerprint density at radius 3 is 3.00 bits per heavy atom. The summed E-state index contributed by atoms with van der Waals surface area (Å²) >= 11 is 5.08. The Hall–Kier alpha value is -0.650. The number of hydrogen-bond donors (Lipinski definition) is 1. The molecule has 15 heavy (non-hydrogen) atoms. The predicted molar refractivity (Wildman–Crippen MR) is 65.0 cm³/mol. The maximum atomic E-state index is 8.95. The van der Waals surface area contributed by atoms with Crippen molar-refractivity contribution in [2.75, 3.05) is 6.61 Å². The molecule has 0 aromatic carbocycles. The molecule has 0 amide bonds. The van der Waals surface area contributed by atoms with Crippen molar-refractivity contribution < 1.29 is 5.11 Å². The van der Waals surface area contributed by atoms with E-state index in [4.69, 9.17) is 5.11 Å². The Morgan fingerprint density at radius 2 is 2.40 bits per heavy atom. The summed E-state index contributed by atoms with van der Waals surface area (Å²) in [7, 11) is 1.97. The number of aliphatic hydroxyl groups is 1. The predicted octanol–water partition coefficient (Wildman–Crippen LogP) is 2.45. The van der Waals surface area contributed by atoms with Crippen LogP contribution in [0.25, 0.3) is 10.7 Å². The van der Waals surface area contributed by atoms with Crippen molar-refractivity contribution >= 4 is 27.3 Å². The van der Waals surface area contributed by atoms with Crippen molar-refractivity contribution in [3.63, 3.8) is 0 Å². The summed E-state index contributed by atoms with van der Waals surface area (Å²) in [6.45, 7) is 0.141. The molecule has 0 unspecified atom stereocenters. The third kappa shape index (κ3) is 2.00. The van der Waals surface area contributed by atoms with Gasteiger partial charge in [0.2, 0.25) is 0 Å². The van der Waals surface area contributed by atoms with Gasteiger partial charge in [-0.2, -0.15) is 0 Å². The first-order valence-corrected chi connectivity index (χ1v) is 6.27. The van der Waals surface area contributed by atoms with E-state index in [1.165, 1.54) is 0 Å². The first-order valence-electron chi connectivity index (χ1n) is 4.60. The number of aliphatic hydroxyl groups excluding tert-OH is 1. The fourth-order valence-corrected chi connectivity index (χ4v) is 2.88. The van der Waals surface area contributed by atoms with Crippen LogP contribution in [0.2, 0.25) is 0 Å². The van der Waals surface area contributed by atoms with Gasteiger partial charge in [0.15, 0.2) is 5.82 Å². The minimum absolute atomic E-state index is 0.141. The maximum absolute atomic E-state index is 8.95. The molecule has 2 aromatic rings. The van der Waals surface area contributed by atoms with Crippen LogP contribution >= 0.6 is 27.3 Å². The van der Waals surface area contributed by atoms with Gasteiger partial charge in [-0.3, -0.25) is 0 Å². The maximum Gasteiger partial charge on any atom is 0.151 e. The fraction of sp³-hybridized carbons (Fsp3) is 0.300. The van der Waals surface area contributed by atoms with Crippen molar-refractivity contribution in [1.82, 2.24) is 9.55 Å². The lowest BCUT2D eigenvalue weighted by atomic mass is 10.3. The molecule has 2 rings (SSSR count). The lowest BCUT2D eigenvalue weighted by molar-refractivity contribution is 0.296. The quantitative estimate of drug-likeness (QED) is 0.941. The van der Waals surface area contributed by atoms with Crippen molar-refractivity contribution in [3.05, 3.63) is 27.8 Å². The van der Waals surface area contributed by atoms with Crippen LogP contribution in [0.4, 0.5) is 0 Å². The van der Waals surface area contributed by atoms with E-state index in [1.54, 1.807) is 11.3 Å². The molecule has 0 saturated carbocycles. The van der Waals surface area contributed by atoms with Gasteiger partial charge in [-0.25, -0.2) is 4.98 Å². The molecule has 2 aromatic heterocycles. The van der Waals surface area contributed by atoms with Crippen LogP contribution in [-0.2, 0) is 13.5 Å². The van der Waals surface area contributed by atoms with E-state index in [-0.39, 0.29) is 6.61 Å². The second kappa shape index (κ2) is 4.47. The standard InChI is InChI=1S/C10H11BrN2OS/c1-13-7(4-5-14)9(11)12-10(13)8-3-2-6-15-8/h2-3,6,14H,4-5H2,1H3. The summed E-state index contributed by atoms with van der Waals surface area (Å²) in [5, 5.41) is 11.0. The highest BCUT2D eigenvalue weighted by Crippen LogP contribution is 2.28. The topological polar surface area (TPSA) is 38.0 Å². The summed E-state index contributed by atoms with van der Waals surface area (Å²) < 4.78 is 2.84. The number of imidazole rings is 1. The summed E-state index contributed by atoms with van der Waals surface area (Å²) in [5.74, 6) is 0.945. The first kappa shape index (κ1) is 10.9. The van der Waals surface area contributed by atoms with E-state index in [9.17, 15) is 0 Å².